The summed E-state index contributed by atoms with van der Waals surface area (Å²) in [7, 11) is 0. The van der Waals surface area contributed by atoms with Crippen molar-refractivity contribution in [2.75, 3.05) is 11.9 Å². The molecule has 0 radical (unpaired) electrons. The molecule has 0 spiro atoms. The van der Waals surface area contributed by atoms with Crippen molar-refractivity contribution in [3.8, 4) is 0 Å². The van der Waals surface area contributed by atoms with Gasteiger partial charge in [-0.15, -0.1) is 12.4 Å². The summed E-state index contributed by atoms with van der Waals surface area (Å²) in [6.07, 6.45) is 2.93. The second kappa shape index (κ2) is 7.61. The summed E-state index contributed by atoms with van der Waals surface area (Å²) >= 11 is 0. The van der Waals surface area contributed by atoms with E-state index in [9.17, 15) is 22.8 Å². The molecule has 25 heavy (non-hydrogen) atoms. The number of benzene rings is 1. The van der Waals surface area contributed by atoms with Gasteiger partial charge in [0.2, 0.25) is 11.8 Å². The number of halogens is 4. The number of rotatable bonds is 4. The molecule has 4 N–H and O–H groups in total. The number of hydrogen-bond donors (Lipinski definition) is 3. The van der Waals surface area contributed by atoms with E-state index in [1.54, 1.807) is 0 Å². The number of carbonyl (C=O) groups is 2. The average molecular weight is 378 g/mol. The van der Waals surface area contributed by atoms with Gasteiger partial charge >= 0.3 is 0 Å². The Kier molecular flexibility index (Phi) is 5.95. The zero-order chi connectivity index (χ0) is 17.4. The number of nitrogens with two attached hydrogens (primary N) is 1. The van der Waals surface area contributed by atoms with E-state index < -0.39 is 35.6 Å². The lowest BCUT2D eigenvalue weighted by molar-refractivity contribution is -0.129. The summed E-state index contributed by atoms with van der Waals surface area (Å²) < 4.78 is 39.4. The fraction of sp³-hybridized carbons (Fsp3) is 0.500. The molecule has 2 saturated carbocycles. The smallest absolute Gasteiger partial charge is 0.243 e. The van der Waals surface area contributed by atoms with Crippen LogP contribution in [0.25, 0.3) is 0 Å². The van der Waals surface area contributed by atoms with Crippen molar-refractivity contribution in [3.05, 3.63) is 29.6 Å². The monoisotopic (exact) mass is 377 g/mol. The quantitative estimate of drug-likeness (QED) is 0.701. The van der Waals surface area contributed by atoms with Gasteiger partial charge in [0.1, 0.15) is 0 Å². The molecule has 2 aliphatic carbocycles. The van der Waals surface area contributed by atoms with E-state index >= 15 is 0 Å². The molecule has 0 aromatic heterocycles. The standard InChI is InChI=1S/C16H18F3N3O2.ClH/c17-9-3-4-10(14(19)13(9)18)22-11(23)6-21-16(24)12-7-1-2-8(5-7)15(12)20;/h3-4,7-8,12,15H,1-2,5-6,20H2,(H,21,24)(H,22,23);1H. The zero-order valence-corrected chi connectivity index (χ0v) is 14.0. The Morgan fingerprint density at radius 1 is 1.12 bits per heavy atom. The maximum Gasteiger partial charge on any atom is 0.243 e. The third-order valence-corrected chi connectivity index (χ3v) is 5.02. The molecule has 4 unspecified atom stereocenters. The van der Waals surface area contributed by atoms with E-state index in [1.807, 2.05) is 0 Å². The minimum atomic E-state index is -1.66. The third kappa shape index (κ3) is 3.74. The molecular formula is C16H19ClF3N3O2. The van der Waals surface area contributed by atoms with Crippen molar-refractivity contribution in [1.82, 2.24) is 5.32 Å². The van der Waals surface area contributed by atoms with Crippen molar-refractivity contribution in [2.24, 2.45) is 23.5 Å². The summed E-state index contributed by atoms with van der Waals surface area (Å²) in [5.41, 5.74) is 5.58. The summed E-state index contributed by atoms with van der Waals surface area (Å²) in [5.74, 6) is -5.22. The van der Waals surface area contributed by atoms with Gasteiger partial charge in [0.25, 0.3) is 0 Å². The first-order chi connectivity index (χ1) is 11.4. The van der Waals surface area contributed by atoms with Gasteiger partial charge in [0.15, 0.2) is 17.5 Å². The highest BCUT2D eigenvalue weighted by atomic mass is 35.5. The Bertz CT molecular complexity index is 687. The summed E-state index contributed by atoms with van der Waals surface area (Å²) in [6, 6.07) is 1.43. The molecular weight excluding hydrogens is 359 g/mol. The molecule has 0 aliphatic heterocycles. The summed E-state index contributed by atoms with van der Waals surface area (Å²) in [6.45, 7) is -0.391. The van der Waals surface area contributed by atoms with E-state index in [0.29, 0.717) is 12.0 Å². The molecule has 3 rings (SSSR count). The molecule has 1 aromatic rings. The van der Waals surface area contributed by atoms with Gasteiger partial charge in [0.05, 0.1) is 18.2 Å². The molecule has 2 fully saturated rings. The van der Waals surface area contributed by atoms with Crippen molar-refractivity contribution in [3.63, 3.8) is 0 Å². The van der Waals surface area contributed by atoms with Crippen LogP contribution in [0.4, 0.5) is 18.9 Å². The van der Waals surface area contributed by atoms with Crippen LogP contribution >= 0.6 is 12.4 Å². The number of nitrogens with one attached hydrogen (secondary N) is 2. The number of hydrogen-bond acceptors (Lipinski definition) is 3. The summed E-state index contributed by atoms with van der Waals surface area (Å²) in [5, 5.41) is 4.59. The Balaban J connectivity index is 0.00000225. The van der Waals surface area contributed by atoms with Crippen LogP contribution in [0.15, 0.2) is 12.1 Å². The lowest BCUT2D eigenvalue weighted by atomic mass is 9.84. The van der Waals surface area contributed by atoms with Gasteiger partial charge in [-0.1, -0.05) is 0 Å². The van der Waals surface area contributed by atoms with Crippen LogP contribution in [0.3, 0.4) is 0 Å². The van der Waals surface area contributed by atoms with Gasteiger partial charge in [-0.25, -0.2) is 13.2 Å². The molecule has 2 bridgehead atoms. The van der Waals surface area contributed by atoms with E-state index in [-0.39, 0.29) is 36.2 Å². The molecule has 9 heteroatoms. The van der Waals surface area contributed by atoms with Crippen LogP contribution < -0.4 is 16.4 Å². The lowest BCUT2D eigenvalue weighted by Crippen LogP contribution is -2.46. The minimum Gasteiger partial charge on any atom is -0.347 e. The molecule has 0 heterocycles. The molecule has 138 valence electrons. The highest BCUT2D eigenvalue weighted by molar-refractivity contribution is 5.95. The molecule has 1 aromatic carbocycles. The zero-order valence-electron chi connectivity index (χ0n) is 13.2. The SMILES string of the molecule is Cl.NC1C2CCC(C2)C1C(=O)NCC(=O)Nc1ccc(F)c(F)c1F. The van der Waals surface area contributed by atoms with E-state index in [0.717, 1.165) is 25.3 Å². The second-order valence-electron chi connectivity index (χ2n) is 6.43. The first kappa shape index (κ1) is 19.5. The normalized spacial score (nSPS) is 26.9. The topological polar surface area (TPSA) is 84.2 Å². The molecule has 2 amide bonds. The van der Waals surface area contributed by atoms with Crippen LogP contribution in [-0.2, 0) is 9.59 Å². The molecule has 4 atom stereocenters. The van der Waals surface area contributed by atoms with Gasteiger partial charge in [0, 0.05) is 6.04 Å². The van der Waals surface area contributed by atoms with Gasteiger partial charge in [-0.05, 0) is 43.2 Å². The van der Waals surface area contributed by atoms with E-state index in [2.05, 4.69) is 10.6 Å². The number of amides is 2. The Hall–Kier alpha value is -1.80. The van der Waals surface area contributed by atoms with Crippen LogP contribution in [-0.4, -0.2) is 24.4 Å². The molecule has 2 aliphatic rings. The number of fused-ring (bicyclic) bond motifs is 2. The van der Waals surface area contributed by atoms with Gasteiger partial charge in [-0.2, -0.15) is 0 Å². The van der Waals surface area contributed by atoms with Crippen molar-refractivity contribution in [1.29, 1.82) is 0 Å². The minimum absolute atomic E-state index is 0. The van der Waals surface area contributed by atoms with Crippen molar-refractivity contribution < 1.29 is 22.8 Å². The first-order valence-electron chi connectivity index (χ1n) is 7.85. The fourth-order valence-corrected chi connectivity index (χ4v) is 3.83. The Morgan fingerprint density at radius 2 is 1.80 bits per heavy atom. The number of anilines is 1. The fourth-order valence-electron chi connectivity index (χ4n) is 3.83. The lowest BCUT2D eigenvalue weighted by Gasteiger charge is -2.26. The van der Waals surface area contributed by atoms with Crippen LogP contribution in [0.1, 0.15) is 19.3 Å². The average Bonchev–Trinajstić information content (AvgIpc) is 3.14. The van der Waals surface area contributed by atoms with Crippen LogP contribution in [0.2, 0.25) is 0 Å². The third-order valence-electron chi connectivity index (χ3n) is 5.02. The predicted molar refractivity (Wildman–Crippen MR) is 87.5 cm³/mol. The maximum absolute atomic E-state index is 13.5. The summed E-state index contributed by atoms with van der Waals surface area (Å²) in [4.78, 5) is 24.0. The molecule has 0 saturated heterocycles. The second-order valence-corrected chi connectivity index (χ2v) is 6.43. The first-order valence-corrected chi connectivity index (χ1v) is 7.85. The predicted octanol–water partition coefficient (Wildman–Crippen LogP) is 1.95. The van der Waals surface area contributed by atoms with Crippen molar-refractivity contribution >= 4 is 29.9 Å². The number of carbonyl (C=O) groups excluding carboxylic acids is 2. The maximum atomic E-state index is 13.5. The van der Waals surface area contributed by atoms with Crippen LogP contribution in [0, 0.1) is 35.2 Å². The van der Waals surface area contributed by atoms with Crippen molar-refractivity contribution in [2.45, 2.75) is 25.3 Å². The Labute approximate surface area is 148 Å². The van der Waals surface area contributed by atoms with Gasteiger partial charge < -0.3 is 16.4 Å². The van der Waals surface area contributed by atoms with E-state index in [1.165, 1.54) is 0 Å². The Morgan fingerprint density at radius 3 is 2.44 bits per heavy atom. The molecule has 5 nitrogen and oxygen atoms in total. The van der Waals surface area contributed by atoms with E-state index in [4.69, 9.17) is 5.73 Å². The van der Waals surface area contributed by atoms with Gasteiger partial charge in [-0.3, -0.25) is 9.59 Å². The van der Waals surface area contributed by atoms with Crippen LogP contribution in [0.5, 0.6) is 0 Å². The highest BCUT2D eigenvalue weighted by Crippen LogP contribution is 2.47. The largest absolute Gasteiger partial charge is 0.347 e. The highest BCUT2D eigenvalue weighted by Gasteiger charge is 2.49.